The van der Waals surface area contributed by atoms with Crippen LogP contribution in [0.3, 0.4) is 0 Å². The summed E-state index contributed by atoms with van der Waals surface area (Å²) >= 11 is 1.29. The molecule has 122 valence electrons. The molecule has 3 rings (SSSR count). The van der Waals surface area contributed by atoms with Crippen LogP contribution in [-0.2, 0) is 4.79 Å². The zero-order valence-electron chi connectivity index (χ0n) is 13.4. The lowest BCUT2D eigenvalue weighted by Gasteiger charge is -2.12. The van der Waals surface area contributed by atoms with Crippen LogP contribution in [0.25, 0.3) is 6.08 Å². The maximum atomic E-state index is 12.5. The van der Waals surface area contributed by atoms with Gasteiger partial charge in [-0.3, -0.25) is 14.7 Å². The Hall–Kier alpha value is -2.60. The van der Waals surface area contributed by atoms with Crippen LogP contribution in [0.15, 0.2) is 52.5 Å². The summed E-state index contributed by atoms with van der Waals surface area (Å²) in [6.45, 7) is 4.31. The highest BCUT2D eigenvalue weighted by atomic mass is 32.2. The smallest absolute Gasteiger partial charge is 0.266 e. The normalized spacial score (nSPS) is 17.9. The molecule has 1 saturated heterocycles. The fourth-order valence-electron chi connectivity index (χ4n) is 2.30. The first kappa shape index (κ1) is 16.3. The highest BCUT2D eigenvalue weighted by molar-refractivity contribution is 8.18. The highest BCUT2D eigenvalue weighted by Crippen LogP contribution is 2.36. The molecule has 0 aliphatic carbocycles. The largest absolute Gasteiger partial charge is 0.506 e. The first-order chi connectivity index (χ1) is 11.6. The van der Waals surface area contributed by atoms with Crippen molar-refractivity contribution in [3.63, 3.8) is 0 Å². The second-order valence-electron chi connectivity index (χ2n) is 5.30. The number of thioether (sulfide) groups is 1. The van der Waals surface area contributed by atoms with Crippen LogP contribution in [0.4, 0.5) is 5.69 Å². The van der Waals surface area contributed by atoms with E-state index in [1.807, 2.05) is 38.1 Å². The Morgan fingerprint density at radius 2 is 2.17 bits per heavy atom. The fourth-order valence-corrected chi connectivity index (χ4v) is 3.34. The Kier molecular flexibility index (Phi) is 4.66. The molecule has 1 aromatic heterocycles. The molecule has 0 radical (unpaired) electrons. The second kappa shape index (κ2) is 6.88. The molecule has 2 aromatic rings. The number of aromatic nitrogens is 1. The summed E-state index contributed by atoms with van der Waals surface area (Å²) < 4.78 is 0. The maximum absolute atomic E-state index is 12.5. The minimum Gasteiger partial charge on any atom is -0.506 e. The van der Waals surface area contributed by atoms with Crippen molar-refractivity contribution in [2.75, 3.05) is 6.54 Å². The maximum Gasteiger partial charge on any atom is 0.266 e. The summed E-state index contributed by atoms with van der Waals surface area (Å²) in [6, 6.07) is 10.8. The third-order valence-corrected chi connectivity index (χ3v) is 4.52. The summed E-state index contributed by atoms with van der Waals surface area (Å²) in [6.07, 6.45) is 3.45. The van der Waals surface area contributed by atoms with Crippen LogP contribution >= 0.6 is 11.8 Å². The third kappa shape index (κ3) is 3.33. The number of amidine groups is 1. The molecule has 1 amide bonds. The molecule has 24 heavy (non-hydrogen) atoms. The molecule has 0 unspecified atom stereocenters. The summed E-state index contributed by atoms with van der Waals surface area (Å²) in [5.41, 5.74) is 2.13. The van der Waals surface area contributed by atoms with E-state index >= 15 is 0 Å². The van der Waals surface area contributed by atoms with E-state index in [0.717, 1.165) is 11.3 Å². The lowest BCUT2D eigenvalue weighted by molar-refractivity contribution is -0.122. The predicted octanol–water partition coefficient (Wildman–Crippen LogP) is 3.72. The number of rotatable bonds is 3. The van der Waals surface area contributed by atoms with Gasteiger partial charge in [-0.1, -0.05) is 12.1 Å². The molecule has 0 spiro atoms. The molecule has 1 fully saturated rings. The van der Waals surface area contributed by atoms with Gasteiger partial charge in [0.15, 0.2) is 5.17 Å². The van der Waals surface area contributed by atoms with E-state index in [9.17, 15) is 9.90 Å². The molecular weight excluding hydrogens is 322 g/mol. The summed E-state index contributed by atoms with van der Waals surface area (Å²) in [5.74, 6) is 0.00672. The Balaban J connectivity index is 1.95. The number of phenols is 1. The zero-order chi connectivity index (χ0) is 17.1. The molecule has 1 N–H and O–H groups in total. The Bertz CT molecular complexity index is 831. The molecule has 1 aliphatic heterocycles. The molecule has 0 atom stereocenters. The van der Waals surface area contributed by atoms with Crippen molar-refractivity contribution in [1.82, 2.24) is 9.88 Å². The number of hydrogen-bond donors (Lipinski definition) is 1. The van der Waals surface area contributed by atoms with Gasteiger partial charge in [0.05, 0.1) is 10.6 Å². The lowest BCUT2D eigenvalue weighted by atomic mass is 10.2. The number of aliphatic imine (C=N–C) groups is 1. The Morgan fingerprint density at radius 1 is 1.33 bits per heavy atom. The van der Waals surface area contributed by atoms with Gasteiger partial charge in [-0.25, -0.2) is 4.99 Å². The van der Waals surface area contributed by atoms with E-state index in [4.69, 9.17) is 0 Å². The van der Waals surface area contributed by atoms with E-state index in [2.05, 4.69) is 9.98 Å². The molecule has 1 aromatic carbocycles. The van der Waals surface area contributed by atoms with Gasteiger partial charge in [-0.2, -0.15) is 0 Å². The van der Waals surface area contributed by atoms with Gasteiger partial charge < -0.3 is 5.11 Å². The van der Waals surface area contributed by atoms with Crippen LogP contribution in [0, 0.1) is 6.92 Å². The number of hydrogen-bond acceptors (Lipinski definition) is 5. The van der Waals surface area contributed by atoms with E-state index < -0.39 is 0 Å². The summed E-state index contributed by atoms with van der Waals surface area (Å²) in [5, 5.41) is 10.6. The number of aromatic hydroxyl groups is 1. The van der Waals surface area contributed by atoms with E-state index in [-0.39, 0.29) is 11.7 Å². The van der Waals surface area contributed by atoms with Gasteiger partial charge in [0.1, 0.15) is 11.4 Å². The van der Waals surface area contributed by atoms with Gasteiger partial charge in [-0.05, 0) is 61.5 Å². The number of likely N-dealkylation sites (N-methyl/N-ethyl adjacent to an activating group) is 1. The predicted molar refractivity (Wildman–Crippen MR) is 97.1 cm³/mol. The minimum absolute atomic E-state index is 0.0986. The summed E-state index contributed by atoms with van der Waals surface area (Å²) in [4.78, 5) is 23.4. The molecule has 2 heterocycles. The number of carbonyl (C=O) groups excluding carboxylic acids is 1. The van der Waals surface area contributed by atoms with Crippen LogP contribution in [0.1, 0.15) is 18.2 Å². The van der Waals surface area contributed by atoms with Crippen molar-refractivity contribution in [1.29, 1.82) is 0 Å². The molecule has 0 bridgehead atoms. The van der Waals surface area contributed by atoms with E-state index in [1.165, 1.54) is 11.8 Å². The Labute approximate surface area is 144 Å². The zero-order valence-corrected chi connectivity index (χ0v) is 14.2. The average molecular weight is 339 g/mol. The second-order valence-corrected chi connectivity index (χ2v) is 6.31. The van der Waals surface area contributed by atoms with Crippen molar-refractivity contribution >= 4 is 34.6 Å². The number of amides is 1. The highest BCUT2D eigenvalue weighted by Gasteiger charge is 2.32. The van der Waals surface area contributed by atoms with E-state index in [1.54, 1.807) is 29.3 Å². The van der Waals surface area contributed by atoms with Crippen LogP contribution in [-0.4, -0.2) is 32.6 Å². The standard InChI is InChI=1S/C18H17N3O2S/c1-3-21-17(23)16(11-13-6-4-5-9-19-13)24-18(21)20-14-8-7-12(2)10-15(14)22/h4-11,22H,3H2,1-2H3/b16-11-,20-18?. The average Bonchev–Trinajstić information content (AvgIpc) is 2.86. The first-order valence-corrected chi connectivity index (χ1v) is 8.41. The van der Waals surface area contributed by atoms with Gasteiger partial charge in [0.2, 0.25) is 0 Å². The van der Waals surface area contributed by atoms with E-state index in [0.29, 0.717) is 22.3 Å². The van der Waals surface area contributed by atoms with Crippen molar-refractivity contribution in [2.45, 2.75) is 13.8 Å². The minimum atomic E-state index is -0.0986. The molecular formula is C18H17N3O2S. The van der Waals surface area contributed by atoms with Crippen molar-refractivity contribution in [2.24, 2.45) is 4.99 Å². The van der Waals surface area contributed by atoms with Gasteiger partial charge in [0, 0.05) is 12.7 Å². The molecule has 6 heteroatoms. The lowest BCUT2D eigenvalue weighted by Crippen LogP contribution is -2.28. The van der Waals surface area contributed by atoms with Crippen molar-refractivity contribution < 1.29 is 9.90 Å². The number of carbonyl (C=O) groups is 1. The molecule has 5 nitrogen and oxygen atoms in total. The number of aryl methyl sites for hydroxylation is 1. The van der Waals surface area contributed by atoms with Crippen LogP contribution in [0.5, 0.6) is 5.75 Å². The molecule has 0 saturated carbocycles. The number of phenolic OH excluding ortho intramolecular Hbond substituents is 1. The van der Waals surface area contributed by atoms with Gasteiger partial charge in [-0.15, -0.1) is 0 Å². The quantitative estimate of drug-likeness (QED) is 0.866. The van der Waals surface area contributed by atoms with Gasteiger partial charge >= 0.3 is 0 Å². The third-order valence-electron chi connectivity index (χ3n) is 3.52. The Morgan fingerprint density at radius 3 is 2.83 bits per heavy atom. The summed E-state index contributed by atoms with van der Waals surface area (Å²) in [7, 11) is 0. The monoisotopic (exact) mass is 339 g/mol. The van der Waals surface area contributed by atoms with Gasteiger partial charge in [0.25, 0.3) is 5.91 Å². The topological polar surface area (TPSA) is 65.8 Å². The SMILES string of the molecule is CCN1C(=O)/C(=C/c2ccccn2)SC1=Nc1ccc(C)cc1O. The number of benzene rings is 1. The first-order valence-electron chi connectivity index (χ1n) is 7.59. The fraction of sp³-hybridized carbons (Fsp3) is 0.167. The van der Waals surface area contributed by atoms with Crippen LogP contribution < -0.4 is 0 Å². The van der Waals surface area contributed by atoms with Crippen molar-refractivity contribution in [3.05, 3.63) is 58.8 Å². The number of pyridine rings is 1. The molecule has 1 aliphatic rings. The van der Waals surface area contributed by atoms with Crippen LogP contribution in [0.2, 0.25) is 0 Å². The number of nitrogens with zero attached hydrogens (tertiary/aromatic N) is 3. The van der Waals surface area contributed by atoms with Crippen molar-refractivity contribution in [3.8, 4) is 5.75 Å².